The zero-order chi connectivity index (χ0) is 21.0. The molecular formula is C21H24FN5O2. The molecule has 29 heavy (non-hydrogen) atoms. The fourth-order valence-corrected chi connectivity index (χ4v) is 3.32. The van der Waals surface area contributed by atoms with Crippen molar-refractivity contribution in [3.05, 3.63) is 54.1 Å². The van der Waals surface area contributed by atoms with Gasteiger partial charge in [-0.05, 0) is 57.0 Å². The summed E-state index contributed by atoms with van der Waals surface area (Å²) in [6.45, 7) is 8.58. The highest BCUT2D eigenvalue weighted by Gasteiger charge is 2.26. The Hall–Kier alpha value is -3.29. The summed E-state index contributed by atoms with van der Waals surface area (Å²) in [5, 5.41) is 5.19. The molecule has 0 atom stereocenters. The molecular weight excluding hydrogens is 373 g/mol. The SMILES string of the molecule is C=CC(=O)Nc1cc(NC(=O)C2CCN(c3nc(C)cc(C)n3)CC2)ccc1F. The molecule has 1 aliphatic rings. The van der Waals surface area contributed by atoms with E-state index in [1.165, 1.54) is 18.2 Å². The van der Waals surface area contributed by atoms with Crippen LogP contribution in [0.4, 0.5) is 21.7 Å². The minimum absolute atomic E-state index is 0.00511. The molecule has 1 fully saturated rings. The number of carbonyl (C=O) groups is 2. The number of halogens is 1. The second-order valence-electron chi connectivity index (χ2n) is 7.09. The first-order valence-electron chi connectivity index (χ1n) is 9.47. The zero-order valence-corrected chi connectivity index (χ0v) is 16.5. The molecule has 1 aliphatic heterocycles. The lowest BCUT2D eigenvalue weighted by Crippen LogP contribution is -2.39. The second-order valence-corrected chi connectivity index (χ2v) is 7.09. The van der Waals surface area contributed by atoms with Gasteiger partial charge < -0.3 is 15.5 Å². The van der Waals surface area contributed by atoms with E-state index in [1.54, 1.807) is 0 Å². The topological polar surface area (TPSA) is 87.2 Å². The number of aryl methyl sites for hydroxylation is 2. The maximum atomic E-state index is 13.8. The average molecular weight is 397 g/mol. The summed E-state index contributed by atoms with van der Waals surface area (Å²) in [7, 11) is 0. The van der Waals surface area contributed by atoms with Crippen LogP contribution in [0, 0.1) is 25.6 Å². The molecule has 1 aromatic carbocycles. The minimum Gasteiger partial charge on any atom is -0.341 e. The van der Waals surface area contributed by atoms with Crippen LogP contribution in [0.3, 0.4) is 0 Å². The Labute approximate surface area is 169 Å². The lowest BCUT2D eigenvalue weighted by atomic mass is 9.96. The van der Waals surface area contributed by atoms with Crippen molar-refractivity contribution in [1.29, 1.82) is 0 Å². The van der Waals surface area contributed by atoms with Gasteiger partial charge in [-0.3, -0.25) is 9.59 Å². The first-order chi connectivity index (χ1) is 13.9. The molecule has 3 rings (SSSR count). The van der Waals surface area contributed by atoms with Crippen LogP contribution in [0.15, 0.2) is 36.9 Å². The number of anilines is 3. The van der Waals surface area contributed by atoms with Gasteiger partial charge in [-0.25, -0.2) is 14.4 Å². The third kappa shape index (κ3) is 5.16. The highest BCUT2D eigenvalue weighted by Crippen LogP contribution is 2.24. The summed E-state index contributed by atoms with van der Waals surface area (Å²) in [6, 6.07) is 5.99. The van der Waals surface area contributed by atoms with E-state index in [2.05, 4.69) is 32.1 Å². The largest absolute Gasteiger partial charge is 0.341 e. The van der Waals surface area contributed by atoms with Crippen molar-refractivity contribution in [2.75, 3.05) is 28.6 Å². The van der Waals surface area contributed by atoms with Crippen LogP contribution >= 0.6 is 0 Å². The number of carbonyl (C=O) groups excluding carboxylic acids is 2. The van der Waals surface area contributed by atoms with Crippen LogP contribution in [0.25, 0.3) is 0 Å². The van der Waals surface area contributed by atoms with Crippen LogP contribution in [0.5, 0.6) is 0 Å². The Bertz CT molecular complexity index is 918. The van der Waals surface area contributed by atoms with Gasteiger partial charge in [0.15, 0.2) is 0 Å². The number of rotatable bonds is 5. The summed E-state index contributed by atoms with van der Waals surface area (Å²) in [6.07, 6.45) is 2.39. The van der Waals surface area contributed by atoms with E-state index in [9.17, 15) is 14.0 Å². The molecule has 2 amide bonds. The van der Waals surface area contributed by atoms with E-state index in [0.717, 1.165) is 17.5 Å². The highest BCUT2D eigenvalue weighted by atomic mass is 19.1. The van der Waals surface area contributed by atoms with E-state index in [0.29, 0.717) is 37.6 Å². The Kier molecular flexibility index (Phi) is 6.21. The predicted molar refractivity (Wildman–Crippen MR) is 110 cm³/mol. The normalized spacial score (nSPS) is 14.4. The van der Waals surface area contributed by atoms with E-state index in [1.807, 2.05) is 19.9 Å². The molecule has 0 aliphatic carbocycles. The van der Waals surface area contributed by atoms with E-state index >= 15 is 0 Å². The molecule has 2 aromatic rings. The summed E-state index contributed by atoms with van der Waals surface area (Å²) in [4.78, 5) is 35.1. The molecule has 2 N–H and O–H groups in total. The monoisotopic (exact) mass is 397 g/mol. The summed E-state index contributed by atoms with van der Waals surface area (Å²) < 4.78 is 13.8. The summed E-state index contributed by atoms with van der Waals surface area (Å²) in [5.74, 6) is -0.692. The summed E-state index contributed by atoms with van der Waals surface area (Å²) >= 11 is 0. The molecule has 0 bridgehead atoms. The quantitative estimate of drug-likeness (QED) is 0.757. The Morgan fingerprint density at radius 2 is 1.79 bits per heavy atom. The molecule has 1 aromatic heterocycles. The average Bonchev–Trinajstić information content (AvgIpc) is 2.69. The number of piperidine rings is 1. The van der Waals surface area contributed by atoms with Crippen LogP contribution in [0.2, 0.25) is 0 Å². The van der Waals surface area contributed by atoms with Gasteiger partial charge in [-0.15, -0.1) is 0 Å². The smallest absolute Gasteiger partial charge is 0.247 e. The van der Waals surface area contributed by atoms with Gasteiger partial charge in [0.05, 0.1) is 5.69 Å². The van der Waals surface area contributed by atoms with Crippen molar-refractivity contribution in [1.82, 2.24) is 9.97 Å². The van der Waals surface area contributed by atoms with Crippen LogP contribution in [-0.2, 0) is 9.59 Å². The van der Waals surface area contributed by atoms with Crippen molar-refractivity contribution in [2.45, 2.75) is 26.7 Å². The van der Waals surface area contributed by atoms with Crippen molar-refractivity contribution in [2.24, 2.45) is 5.92 Å². The third-order valence-electron chi connectivity index (χ3n) is 4.80. The first-order valence-corrected chi connectivity index (χ1v) is 9.47. The molecule has 152 valence electrons. The number of hydrogen-bond acceptors (Lipinski definition) is 5. The number of aromatic nitrogens is 2. The maximum Gasteiger partial charge on any atom is 0.247 e. The number of nitrogens with zero attached hydrogens (tertiary/aromatic N) is 3. The van der Waals surface area contributed by atoms with Gasteiger partial charge in [0.25, 0.3) is 0 Å². The number of amides is 2. The molecule has 2 heterocycles. The molecule has 0 radical (unpaired) electrons. The molecule has 8 heteroatoms. The van der Waals surface area contributed by atoms with Gasteiger partial charge in [0, 0.05) is 36.1 Å². The lowest BCUT2D eigenvalue weighted by Gasteiger charge is -2.31. The van der Waals surface area contributed by atoms with Gasteiger partial charge in [-0.1, -0.05) is 6.58 Å². The van der Waals surface area contributed by atoms with Crippen molar-refractivity contribution in [3.8, 4) is 0 Å². The van der Waals surface area contributed by atoms with Gasteiger partial charge in [0.2, 0.25) is 17.8 Å². The Balaban J connectivity index is 1.60. The maximum absolute atomic E-state index is 13.8. The fourth-order valence-electron chi connectivity index (χ4n) is 3.32. The Morgan fingerprint density at radius 1 is 1.14 bits per heavy atom. The number of benzene rings is 1. The second kappa shape index (κ2) is 8.81. The third-order valence-corrected chi connectivity index (χ3v) is 4.80. The number of nitrogens with one attached hydrogen (secondary N) is 2. The van der Waals surface area contributed by atoms with Crippen LogP contribution in [-0.4, -0.2) is 34.9 Å². The van der Waals surface area contributed by atoms with Crippen molar-refractivity contribution >= 4 is 29.1 Å². The molecule has 7 nitrogen and oxygen atoms in total. The predicted octanol–water partition coefficient (Wildman–Crippen LogP) is 3.21. The Morgan fingerprint density at radius 3 is 2.41 bits per heavy atom. The molecule has 1 saturated heterocycles. The van der Waals surface area contributed by atoms with E-state index in [4.69, 9.17) is 0 Å². The lowest BCUT2D eigenvalue weighted by molar-refractivity contribution is -0.120. The van der Waals surface area contributed by atoms with Gasteiger partial charge >= 0.3 is 0 Å². The molecule has 0 unspecified atom stereocenters. The fraction of sp³-hybridized carbons (Fsp3) is 0.333. The van der Waals surface area contributed by atoms with Gasteiger partial charge in [0.1, 0.15) is 5.82 Å². The molecule has 0 saturated carbocycles. The first kappa shape index (κ1) is 20.4. The van der Waals surface area contributed by atoms with Crippen molar-refractivity contribution in [3.63, 3.8) is 0 Å². The van der Waals surface area contributed by atoms with E-state index < -0.39 is 11.7 Å². The van der Waals surface area contributed by atoms with Gasteiger partial charge in [-0.2, -0.15) is 0 Å². The highest BCUT2D eigenvalue weighted by molar-refractivity contribution is 6.00. The summed E-state index contributed by atoms with van der Waals surface area (Å²) in [5.41, 5.74) is 2.26. The van der Waals surface area contributed by atoms with Crippen LogP contribution in [0.1, 0.15) is 24.2 Å². The van der Waals surface area contributed by atoms with E-state index in [-0.39, 0.29) is 17.5 Å². The van der Waals surface area contributed by atoms with Crippen molar-refractivity contribution < 1.29 is 14.0 Å². The van der Waals surface area contributed by atoms with Crippen LogP contribution < -0.4 is 15.5 Å². The standard InChI is InChI=1S/C21H24FN5O2/c1-4-19(28)26-18-12-16(5-6-17(18)22)25-20(29)15-7-9-27(10-8-15)21-23-13(2)11-14(3)24-21/h4-6,11-12,15H,1,7-10H2,2-3H3,(H,25,29)(H,26,28). The minimum atomic E-state index is -0.583. The number of hydrogen-bond donors (Lipinski definition) is 2. The zero-order valence-electron chi connectivity index (χ0n) is 16.5. The molecule has 0 spiro atoms.